The summed E-state index contributed by atoms with van der Waals surface area (Å²) in [5.74, 6) is -0.886. The first-order valence-electron chi connectivity index (χ1n) is 8.38. The first-order valence-corrected chi connectivity index (χ1v) is 8.76. The van der Waals surface area contributed by atoms with Crippen molar-refractivity contribution in [3.8, 4) is 0 Å². The number of rotatable bonds is 6. The van der Waals surface area contributed by atoms with Gasteiger partial charge in [-0.3, -0.25) is 0 Å². The molecule has 1 aliphatic carbocycles. The molecule has 1 saturated carbocycles. The van der Waals surface area contributed by atoms with Crippen molar-refractivity contribution in [2.24, 2.45) is 0 Å². The van der Waals surface area contributed by atoms with Gasteiger partial charge in [0.15, 0.2) is 0 Å². The van der Waals surface area contributed by atoms with E-state index in [-0.39, 0.29) is 5.41 Å². The number of benzene rings is 2. The predicted octanol–water partition coefficient (Wildman–Crippen LogP) is 4.64. The number of hydrogen-bond acceptors (Lipinski definition) is 2. The second-order valence-corrected chi connectivity index (χ2v) is 7.04. The van der Waals surface area contributed by atoms with Gasteiger partial charge in [-0.1, -0.05) is 48.7 Å². The maximum Gasteiger partial charge on any atom is 0.335 e. The van der Waals surface area contributed by atoms with Crippen molar-refractivity contribution in [1.29, 1.82) is 0 Å². The second kappa shape index (κ2) is 7.37. The summed E-state index contributed by atoms with van der Waals surface area (Å²) in [7, 11) is 0. The normalized spacial score (nSPS) is 16.2. The Hall–Kier alpha value is -1.84. The molecule has 4 heteroatoms. The van der Waals surface area contributed by atoms with Gasteiger partial charge in [-0.05, 0) is 48.2 Å². The molecule has 0 aliphatic heterocycles. The molecule has 0 bridgehead atoms. The largest absolute Gasteiger partial charge is 0.478 e. The van der Waals surface area contributed by atoms with Crippen molar-refractivity contribution in [3.05, 3.63) is 70.2 Å². The Balaban J connectivity index is 1.69. The third-order valence-electron chi connectivity index (χ3n) is 4.96. The molecule has 1 fully saturated rings. The minimum absolute atomic E-state index is 0.134. The molecule has 0 radical (unpaired) electrons. The molecule has 2 aromatic carbocycles. The van der Waals surface area contributed by atoms with Crippen LogP contribution in [0.25, 0.3) is 0 Å². The van der Waals surface area contributed by atoms with Gasteiger partial charge < -0.3 is 10.4 Å². The Morgan fingerprint density at radius 3 is 2.58 bits per heavy atom. The fourth-order valence-corrected chi connectivity index (χ4v) is 3.89. The topological polar surface area (TPSA) is 49.3 Å². The average Bonchev–Trinajstić information content (AvgIpc) is 3.05. The lowest BCUT2D eigenvalue weighted by Crippen LogP contribution is -2.35. The SMILES string of the molecule is O=C(O)c1cccc(CNCC2(c3cccc(Cl)c3)CCCC2)c1. The molecular formula is C20H22ClNO2. The minimum atomic E-state index is -0.886. The standard InChI is InChI=1S/C20H22ClNO2/c21-18-8-4-7-17(12-18)20(9-1-2-10-20)14-22-13-15-5-3-6-16(11-15)19(23)24/h3-8,11-12,22H,1-2,9-10,13-14H2,(H,23,24). The van der Waals surface area contributed by atoms with Crippen LogP contribution in [0.4, 0.5) is 0 Å². The molecule has 0 unspecified atom stereocenters. The summed E-state index contributed by atoms with van der Waals surface area (Å²) in [6.45, 7) is 1.55. The third kappa shape index (κ3) is 3.80. The molecule has 126 valence electrons. The van der Waals surface area contributed by atoms with Gasteiger partial charge in [0.05, 0.1) is 5.56 Å². The Morgan fingerprint density at radius 1 is 1.12 bits per heavy atom. The van der Waals surface area contributed by atoms with Crippen LogP contribution in [-0.2, 0) is 12.0 Å². The number of nitrogens with one attached hydrogen (secondary N) is 1. The Kier molecular flexibility index (Phi) is 5.22. The van der Waals surface area contributed by atoms with E-state index in [1.807, 2.05) is 18.2 Å². The van der Waals surface area contributed by atoms with E-state index in [1.165, 1.54) is 18.4 Å². The van der Waals surface area contributed by atoms with E-state index in [1.54, 1.807) is 18.2 Å². The Labute approximate surface area is 147 Å². The summed E-state index contributed by atoms with van der Waals surface area (Å²) in [6.07, 6.45) is 4.80. The number of aromatic carboxylic acids is 1. The van der Waals surface area contributed by atoms with Gasteiger partial charge in [0.25, 0.3) is 0 Å². The van der Waals surface area contributed by atoms with Gasteiger partial charge in [0, 0.05) is 23.5 Å². The Morgan fingerprint density at radius 2 is 1.88 bits per heavy atom. The minimum Gasteiger partial charge on any atom is -0.478 e. The number of carboxylic acid groups (broad SMARTS) is 1. The van der Waals surface area contributed by atoms with E-state index >= 15 is 0 Å². The van der Waals surface area contributed by atoms with Crippen LogP contribution in [0.3, 0.4) is 0 Å². The van der Waals surface area contributed by atoms with Crippen LogP contribution in [0, 0.1) is 0 Å². The monoisotopic (exact) mass is 343 g/mol. The highest BCUT2D eigenvalue weighted by molar-refractivity contribution is 6.30. The molecule has 1 aliphatic rings. The lowest BCUT2D eigenvalue weighted by Gasteiger charge is -2.30. The van der Waals surface area contributed by atoms with Crippen LogP contribution in [-0.4, -0.2) is 17.6 Å². The third-order valence-corrected chi connectivity index (χ3v) is 5.20. The Bertz CT molecular complexity index is 723. The maximum atomic E-state index is 11.1. The van der Waals surface area contributed by atoms with Crippen molar-refractivity contribution in [2.45, 2.75) is 37.6 Å². The van der Waals surface area contributed by atoms with Crippen molar-refractivity contribution >= 4 is 17.6 Å². The summed E-state index contributed by atoms with van der Waals surface area (Å²) in [6, 6.07) is 15.3. The highest BCUT2D eigenvalue weighted by Crippen LogP contribution is 2.41. The lowest BCUT2D eigenvalue weighted by atomic mass is 9.79. The molecule has 2 N–H and O–H groups in total. The van der Waals surface area contributed by atoms with Gasteiger partial charge >= 0.3 is 5.97 Å². The van der Waals surface area contributed by atoms with Crippen LogP contribution in [0.1, 0.15) is 47.2 Å². The first kappa shape index (κ1) is 17.0. The summed E-state index contributed by atoms with van der Waals surface area (Å²) in [5, 5.41) is 13.4. The number of carbonyl (C=O) groups is 1. The highest BCUT2D eigenvalue weighted by Gasteiger charge is 2.35. The average molecular weight is 344 g/mol. The fraction of sp³-hybridized carbons (Fsp3) is 0.350. The van der Waals surface area contributed by atoms with Crippen LogP contribution in [0.5, 0.6) is 0 Å². The van der Waals surface area contributed by atoms with Crippen molar-refractivity contribution in [2.75, 3.05) is 6.54 Å². The highest BCUT2D eigenvalue weighted by atomic mass is 35.5. The zero-order chi connectivity index (χ0) is 17.0. The van der Waals surface area contributed by atoms with E-state index in [0.717, 1.165) is 30.0 Å². The van der Waals surface area contributed by atoms with Crippen LogP contribution in [0.2, 0.25) is 5.02 Å². The summed E-state index contributed by atoms with van der Waals surface area (Å²) >= 11 is 6.19. The summed E-state index contributed by atoms with van der Waals surface area (Å²) in [5.41, 5.74) is 2.77. The molecule has 2 aromatic rings. The van der Waals surface area contributed by atoms with Gasteiger partial charge in [0.1, 0.15) is 0 Å². The van der Waals surface area contributed by atoms with E-state index in [9.17, 15) is 4.79 Å². The molecular weight excluding hydrogens is 322 g/mol. The molecule has 0 atom stereocenters. The molecule has 0 heterocycles. The zero-order valence-electron chi connectivity index (χ0n) is 13.6. The quantitative estimate of drug-likeness (QED) is 0.803. The molecule has 0 aromatic heterocycles. The molecule has 0 spiro atoms. The molecule has 24 heavy (non-hydrogen) atoms. The van der Waals surface area contributed by atoms with Crippen molar-refractivity contribution in [3.63, 3.8) is 0 Å². The van der Waals surface area contributed by atoms with E-state index in [0.29, 0.717) is 12.1 Å². The zero-order valence-corrected chi connectivity index (χ0v) is 14.4. The fourth-order valence-electron chi connectivity index (χ4n) is 3.70. The molecule has 0 saturated heterocycles. The van der Waals surface area contributed by atoms with Crippen molar-refractivity contribution in [1.82, 2.24) is 5.32 Å². The second-order valence-electron chi connectivity index (χ2n) is 6.61. The van der Waals surface area contributed by atoms with Gasteiger partial charge in [0.2, 0.25) is 0 Å². The van der Waals surface area contributed by atoms with Gasteiger partial charge in [-0.2, -0.15) is 0 Å². The predicted molar refractivity (Wildman–Crippen MR) is 96.7 cm³/mol. The summed E-state index contributed by atoms with van der Waals surface area (Å²) in [4.78, 5) is 11.1. The lowest BCUT2D eigenvalue weighted by molar-refractivity contribution is 0.0696. The van der Waals surface area contributed by atoms with Gasteiger partial charge in [-0.25, -0.2) is 4.79 Å². The van der Waals surface area contributed by atoms with Gasteiger partial charge in [-0.15, -0.1) is 0 Å². The van der Waals surface area contributed by atoms with E-state index in [4.69, 9.17) is 16.7 Å². The first-order chi connectivity index (χ1) is 11.6. The van der Waals surface area contributed by atoms with E-state index in [2.05, 4.69) is 17.4 Å². The van der Waals surface area contributed by atoms with Crippen LogP contribution >= 0.6 is 11.6 Å². The van der Waals surface area contributed by atoms with Crippen LogP contribution < -0.4 is 5.32 Å². The number of hydrogen-bond donors (Lipinski definition) is 2. The number of halogens is 1. The molecule has 0 amide bonds. The smallest absolute Gasteiger partial charge is 0.335 e. The maximum absolute atomic E-state index is 11.1. The van der Waals surface area contributed by atoms with Crippen LogP contribution in [0.15, 0.2) is 48.5 Å². The summed E-state index contributed by atoms with van der Waals surface area (Å²) < 4.78 is 0. The molecule has 3 nitrogen and oxygen atoms in total. The van der Waals surface area contributed by atoms with Crippen molar-refractivity contribution < 1.29 is 9.90 Å². The molecule has 3 rings (SSSR count). The van der Waals surface area contributed by atoms with E-state index < -0.39 is 5.97 Å². The number of carboxylic acids is 1.